The van der Waals surface area contributed by atoms with Gasteiger partial charge in [0.25, 0.3) is 0 Å². The van der Waals surface area contributed by atoms with E-state index in [0.717, 1.165) is 24.2 Å². The third-order valence-corrected chi connectivity index (χ3v) is 5.05. The van der Waals surface area contributed by atoms with Crippen molar-refractivity contribution in [2.45, 2.75) is 38.6 Å². The van der Waals surface area contributed by atoms with Gasteiger partial charge in [-0.2, -0.15) is 5.10 Å². The van der Waals surface area contributed by atoms with Crippen LogP contribution in [0.2, 0.25) is 0 Å². The first kappa shape index (κ1) is 21.7. The first-order valence-electron chi connectivity index (χ1n) is 10.4. The van der Waals surface area contributed by atoms with E-state index in [1.165, 1.54) is 12.1 Å². The Bertz CT molecular complexity index is 1090. The van der Waals surface area contributed by atoms with Crippen molar-refractivity contribution in [3.63, 3.8) is 0 Å². The molecule has 2 N–H and O–H groups in total. The molecule has 3 aromatic rings. The van der Waals surface area contributed by atoms with Gasteiger partial charge in [-0.15, -0.1) is 0 Å². The van der Waals surface area contributed by atoms with Crippen molar-refractivity contribution in [3.05, 3.63) is 65.6 Å². The number of rotatable bonds is 7. The van der Waals surface area contributed by atoms with Gasteiger partial charge in [0.2, 0.25) is 5.88 Å². The molecule has 0 aliphatic carbocycles. The first-order valence-corrected chi connectivity index (χ1v) is 10.4. The summed E-state index contributed by atoms with van der Waals surface area (Å²) in [5.41, 5.74) is 0.825. The lowest BCUT2D eigenvalue weighted by atomic mass is 10.1. The lowest BCUT2D eigenvalue weighted by Gasteiger charge is -2.25. The van der Waals surface area contributed by atoms with Gasteiger partial charge in [-0.05, 0) is 24.6 Å². The number of hydrogen-bond acceptors (Lipinski definition) is 6. The van der Waals surface area contributed by atoms with Crippen LogP contribution in [-0.2, 0) is 30.9 Å². The van der Waals surface area contributed by atoms with E-state index in [0.29, 0.717) is 43.1 Å². The highest BCUT2D eigenvalue weighted by atomic mass is 19.1. The molecule has 0 radical (unpaired) electrons. The lowest BCUT2D eigenvalue weighted by Crippen LogP contribution is -2.46. The molecule has 0 fully saturated rings. The highest BCUT2D eigenvalue weighted by molar-refractivity contribution is 5.80. The maximum Gasteiger partial charge on any atom is 0.224 e. The van der Waals surface area contributed by atoms with E-state index in [-0.39, 0.29) is 11.9 Å². The van der Waals surface area contributed by atoms with Crippen LogP contribution >= 0.6 is 0 Å². The van der Waals surface area contributed by atoms with Gasteiger partial charge in [0.1, 0.15) is 24.0 Å². The summed E-state index contributed by atoms with van der Waals surface area (Å²) in [6.45, 7) is 1.55. The maximum atomic E-state index is 13.5. The molecule has 0 spiro atoms. The van der Waals surface area contributed by atoms with Gasteiger partial charge in [0.05, 0.1) is 6.54 Å². The van der Waals surface area contributed by atoms with Crippen molar-refractivity contribution >= 4 is 5.96 Å². The number of pyridine rings is 1. The topological polar surface area (TPSA) is 98.5 Å². The number of ether oxygens (including phenoxy) is 2. The Hall–Kier alpha value is -3.53. The predicted molar refractivity (Wildman–Crippen MR) is 117 cm³/mol. The van der Waals surface area contributed by atoms with Gasteiger partial charge in [0.15, 0.2) is 11.8 Å². The highest BCUT2D eigenvalue weighted by Crippen LogP contribution is 2.23. The van der Waals surface area contributed by atoms with E-state index in [1.807, 2.05) is 16.8 Å². The van der Waals surface area contributed by atoms with Crippen molar-refractivity contribution in [3.8, 4) is 11.6 Å². The van der Waals surface area contributed by atoms with Crippen molar-refractivity contribution < 1.29 is 13.9 Å². The Morgan fingerprint density at radius 2 is 2.22 bits per heavy atom. The molecule has 3 heterocycles. The molecule has 0 saturated heterocycles. The Kier molecular flexibility index (Phi) is 6.90. The molecule has 2 aromatic heterocycles. The number of methoxy groups -OCH3 is 1. The highest BCUT2D eigenvalue weighted by Gasteiger charge is 2.22. The predicted octanol–water partition coefficient (Wildman–Crippen LogP) is 2.43. The molecule has 1 unspecified atom stereocenters. The third kappa shape index (κ3) is 5.38. The molecular weight excluding hydrogens is 413 g/mol. The van der Waals surface area contributed by atoms with Gasteiger partial charge >= 0.3 is 0 Å². The fraction of sp³-hybridized carbons (Fsp3) is 0.364. The summed E-state index contributed by atoms with van der Waals surface area (Å²) in [4.78, 5) is 13.1. The van der Waals surface area contributed by atoms with Gasteiger partial charge in [-0.1, -0.05) is 12.1 Å². The molecule has 0 saturated carbocycles. The second kappa shape index (κ2) is 10.2. The SMILES string of the molecule is CN=C(NCc1cccnc1Oc1cccc(F)c1)NC1CCc2nc(COC)nn2C1. The van der Waals surface area contributed by atoms with E-state index in [9.17, 15) is 4.39 Å². The normalized spacial score (nSPS) is 15.8. The first-order chi connectivity index (χ1) is 15.6. The summed E-state index contributed by atoms with van der Waals surface area (Å²) < 4.78 is 26.3. The zero-order valence-corrected chi connectivity index (χ0v) is 18.1. The monoisotopic (exact) mass is 439 g/mol. The van der Waals surface area contributed by atoms with Gasteiger partial charge in [0, 0.05) is 51.0 Å². The second-order valence-electron chi connectivity index (χ2n) is 7.39. The average Bonchev–Trinajstić information content (AvgIpc) is 3.19. The van der Waals surface area contributed by atoms with Crippen molar-refractivity contribution in [2.24, 2.45) is 4.99 Å². The van der Waals surface area contributed by atoms with Crippen molar-refractivity contribution in [1.29, 1.82) is 0 Å². The third-order valence-electron chi connectivity index (χ3n) is 5.05. The number of aromatic nitrogens is 4. The van der Waals surface area contributed by atoms with Crippen LogP contribution < -0.4 is 15.4 Å². The fourth-order valence-corrected chi connectivity index (χ4v) is 3.53. The van der Waals surface area contributed by atoms with Gasteiger partial charge in [-0.25, -0.2) is 19.0 Å². The van der Waals surface area contributed by atoms with Crippen LogP contribution in [0.15, 0.2) is 47.6 Å². The molecule has 0 bridgehead atoms. The zero-order chi connectivity index (χ0) is 22.3. The molecule has 1 aromatic carbocycles. The van der Waals surface area contributed by atoms with Crippen LogP contribution in [0.25, 0.3) is 0 Å². The Morgan fingerprint density at radius 3 is 3.03 bits per heavy atom. The van der Waals surface area contributed by atoms with Crippen molar-refractivity contribution in [2.75, 3.05) is 14.2 Å². The molecular formula is C22H26FN7O2. The van der Waals surface area contributed by atoms with E-state index >= 15 is 0 Å². The molecule has 4 rings (SSSR count). The molecule has 1 aliphatic rings. The second-order valence-corrected chi connectivity index (χ2v) is 7.39. The molecule has 1 aliphatic heterocycles. The molecule has 10 heteroatoms. The number of aliphatic imine (C=N–C) groups is 1. The minimum atomic E-state index is -0.361. The number of aryl methyl sites for hydroxylation is 1. The van der Waals surface area contributed by atoms with E-state index in [2.05, 4.69) is 30.7 Å². The Balaban J connectivity index is 1.36. The van der Waals surface area contributed by atoms with Crippen LogP contribution in [0.4, 0.5) is 4.39 Å². The van der Waals surface area contributed by atoms with Gasteiger partial charge < -0.3 is 20.1 Å². The maximum absolute atomic E-state index is 13.5. The van der Waals surface area contributed by atoms with E-state index in [4.69, 9.17) is 9.47 Å². The largest absolute Gasteiger partial charge is 0.439 e. The van der Waals surface area contributed by atoms with E-state index in [1.54, 1.807) is 32.5 Å². The summed E-state index contributed by atoms with van der Waals surface area (Å²) >= 11 is 0. The summed E-state index contributed by atoms with van der Waals surface area (Å²) in [7, 11) is 3.36. The zero-order valence-electron chi connectivity index (χ0n) is 18.1. The molecule has 9 nitrogen and oxygen atoms in total. The minimum Gasteiger partial charge on any atom is -0.439 e. The smallest absolute Gasteiger partial charge is 0.224 e. The van der Waals surface area contributed by atoms with E-state index < -0.39 is 0 Å². The molecule has 32 heavy (non-hydrogen) atoms. The number of nitrogens with zero attached hydrogens (tertiary/aromatic N) is 5. The van der Waals surface area contributed by atoms with Crippen LogP contribution in [0, 0.1) is 5.82 Å². The van der Waals surface area contributed by atoms with Crippen LogP contribution in [-0.4, -0.2) is 45.9 Å². The summed E-state index contributed by atoms with van der Waals surface area (Å²) in [5.74, 6) is 2.79. The number of nitrogens with one attached hydrogen (secondary N) is 2. The molecule has 168 valence electrons. The average molecular weight is 439 g/mol. The molecule has 0 amide bonds. The molecule has 1 atom stereocenters. The number of guanidine groups is 1. The number of halogens is 1. The van der Waals surface area contributed by atoms with Gasteiger partial charge in [-0.3, -0.25) is 4.99 Å². The minimum absolute atomic E-state index is 0.169. The Labute approximate surface area is 185 Å². The summed E-state index contributed by atoms with van der Waals surface area (Å²) in [6.07, 6.45) is 3.40. The standard InChI is InChI=1S/C22H26FN7O2/c1-24-22(27-17-8-9-20-28-19(14-31-2)29-30(20)13-17)26-12-15-5-4-10-25-21(15)32-18-7-3-6-16(23)11-18/h3-7,10-11,17H,8-9,12-14H2,1-2H3,(H2,24,26,27). The lowest BCUT2D eigenvalue weighted by molar-refractivity contribution is 0.177. The van der Waals surface area contributed by atoms with Crippen LogP contribution in [0.1, 0.15) is 23.6 Å². The quantitative estimate of drug-likeness (QED) is 0.431. The Morgan fingerprint density at radius 1 is 1.31 bits per heavy atom. The fourth-order valence-electron chi connectivity index (χ4n) is 3.53. The number of hydrogen-bond donors (Lipinski definition) is 2. The summed E-state index contributed by atoms with van der Waals surface area (Å²) in [6, 6.07) is 9.89. The number of benzene rings is 1. The van der Waals surface area contributed by atoms with Crippen LogP contribution in [0.3, 0.4) is 0 Å². The number of fused-ring (bicyclic) bond motifs is 1. The van der Waals surface area contributed by atoms with Crippen LogP contribution in [0.5, 0.6) is 11.6 Å². The summed E-state index contributed by atoms with van der Waals surface area (Å²) in [5, 5.41) is 11.2. The van der Waals surface area contributed by atoms with Crippen molar-refractivity contribution in [1.82, 2.24) is 30.4 Å².